The summed E-state index contributed by atoms with van der Waals surface area (Å²) < 4.78 is 11.8. The van der Waals surface area contributed by atoms with Crippen LogP contribution in [0.4, 0.5) is 0 Å². The molecule has 2 heterocycles. The highest BCUT2D eigenvalue weighted by molar-refractivity contribution is 6.31. The van der Waals surface area contributed by atoms with Gasteiger partial charge in [-0.1, -0.05) is 31.0 Å². The van der Waals surface area contributed by atoms with Gasteiger partial charge < -0.3 is 24.6 Å². The highest BCUT2D eigenvalue weighted by Gasteiger charge is 2.42. The molecule has 0 spiro atoms. The van der Waals surface area contributed by atoms with Crippen molar-refractivity contribution in [3.63, 3.8) is 0 Å². The minimum atomic E-state index is -0.500. The molecule has 8 nitrogen and oxygen atoms in total. The molecule has 1 atom stereocenters. The van der Waals surface area contributed by atoms with E-state index in [1.54, 1.807) is 17.0 Å². The van der Waals surface area contributed by atoms with E-state index in [2.05, 4.69) is 17.1 Å². The molecule has 35 heavy (non-hydrogen) atoms. The molecule has 0 radical (unpaired) electrons. The number of benzene rings is 2. The lowest BCUT2D eigenvalue weighted by Gasteiger charge is -2.27. The van der Waals surface area contributed by atoms with Gasteiger partial charge in [0.15, 0.2) is 11.5 Å². The number of carbonyl (C=O) groups excluding carboxylic acids is 1. The lowest BCUT2D eigenvalue weighted by molar-refractivity contribution is 0.0732. The lowest BCUT2D eigenvalue weighted by atomic mass is 9.95. The van der Waals surface area contributed by atoms with Crippen molar-refractivity contribution in [2.45, 2.75) is 39.2 Å². The van der Waals surface area contributed by atoms with Gasteiger partial charge in [-0.25, -0.2) is 0 Å². The molecular weight excluding hydrogens is 470 g/mol. The number of aliphatic hydroxyl groups is 1. The predicted molar refractivity (Wildman–Crippen MR) is 133 cm³/mol. The molecule has 186 valence electrons. The van der Waals surface area contributed by atoms with E-state index in [4.69, 9.17) is 21.1 Å². The summed E-state index contributed by atoms with van der Waals surface area (Å²) in [5, 5.41) is 27.7. The summed E-state index contributed by atoms with van der Waals surface area (Å²) in [6, 6.07) is 9.88. The van der Waals surface area contributed by atoms with Crippen LogP contribution in [-0.4, -0.2) is 57.6 Å². The third-order valence-electron chi connectivity index (χ3n) is 5.97. The zero-order valence-electron chi connectivity index (χ0n) is 19.9. The van der Waals surface area contributed by atoms with Gasteiger partial charge >= 0.3 is 0 Å². The Labute approximate surface area is 209 Å². The Hall–Kier alpha value is -3.23. The number of aromatic amines is 1. The number of ether oxygens (including phenoxy) is 2. The minimum absolute atomic E-state index is 0.0124. The van der Waals surface area contributed by atoms with Crippen molar-refractivity contribution in [1.82, 2.24) is 15.1 Å². The van der Waals surface area contributed by atoms with Crippen LogP contribution in [0.5, 0.6) is 17.2 Å². The third-order valence-corrected chi connectivity index (χ3v) is 6.21. The van der Waals surface area contributed by atoms with Crippen molar-refractivity contribution < 1.29 is 24.5 Å². The van der Waals surface area contributed by atoms with Crippen LogP contribution in [0.25, 0.3) is 11.3 Å². The molecule has 9 heteroatoms. The van der Waals surface area contributed by atoms with Crippen LogP contribution in [0.3, 0.4) is 0 Å². The number of hydrogen-bond donors (Lipinski definition) is 3. The van der Waals surface area contributed by atoms with Gasteiger partial charge in [-0.05, 0) is 55.7 Å². The first-order chi connectivity index (χ1) is 17.0. The number of phenols is 1. The van der Waals surface area contributed by atoms with E-state index in [9.17, 15) is 15.0 Å². The first-order valence-corrected chi connectivity index (χ1v) is 12.3. The number of rotatable bonds is 11. The number of halogens is 1. The van der Waals surface area contributed by atoms with Crippen molar-refractivity contribution in [3.8, 4) is 28.5 Å². The van der Waals surface area contributed by atoms with E-state index in [-0.39, 0.29) is 18.3 Å². The van der Waals surface area contributed by atoms with Crippen molar-refractivity contribution >= 4 is 17.5 Å². The molecule has 0 bridgehead atoms. The molecule has 1 aliphatic heterocycles. The SMILES string of the molecule is CCCCOc1ccc(C2c3c(-c4cc(Cl)ccc4O)n[nH]c3C(=O)N2CCCO)cc1OCC. The molecule has 1 aromatic heterocycles. The van der Waals surface area contributed by atoms with E-state index < -0.39 is 6.04 Å². The molecule has 2 aromatic carbocycles. The first kappa shape index (κ1) is 24.9. The van der Waals surface area contributed by atoms with Crippen LogP contribution in [0.2, 0.25) is 5.02 Å². The molecular formula is C26H30ClN3O5. The predicted octanol–water partition coefficient (Wildman–Crippen LogP) is 4.94. The molecule has 1 amide bonds. The Balaban J connectivity index is 1.82. The van der Waals surface area contributed by atoms with Crippen LogP contribution < -0.4 is 9.47 Å². The fraction of sp³-hybridized carbons (Fsp3) is 0.385. The number of aromatic hydroxyl groups is 1. The molecule has 1 unspecified atom stereocenters. The number of fused-ring (bicyclic) bond motifs is 1. The van der Waals surface area contributed by atoms with Gasteiger partial charge in [0, 0.05) is 29.3 Å². The smallest absolute Gasteiger partial charge is 0.273 e. The highest BCUT2D eigenvalue weighted by Crippen LogP contribution is 2.46. The summed E-state index contributed by atoms with van der Waals surface area (Å²) in [6.07, 6.45) is 2.38. The first-order valence-electron chi connectivity index (χ1n) is 11.9. The number of nitrogens with one attached hydrogen (secondary N) is 1. The quantitative estimate of drug-likeness (QED) is 0.322. The van der Waals surface area contributed by atoms with Gasteiger partial charge in [-0.15, -0.1) is 0 Å². The number of H-pyrrole nitrogens is 1. The zero-order chi connectivity index (χ0) is 24.9. The molecule has 0 fully saturated rings. The number of aromatic nitrogens is 2. The Bertz CT molecular complexity index is 1200. The standard InChI is InChI=1S/C26H30ClN3O5/c1-3-5-13-35-20-10-7-16(14-21(20)34-4-2)25-22-23(18-15-17(27)8-9-19(18)32)28-29-24(22)26(33)30(25)11-6-12-31/h7-10,14-15,25,31-32H,3-6,11-13H2,1-2H3,(H,28,29). The van der Waals surface area contributed by atoms with Crippen molar-refractivity contribution in [1.29, 1.82) is 0 Å². The second-order valence-electron chi connectivity index (χ2n) is 8.34. The summed E-state index contributed by atoms with van der Waals surface area (Å²) in [6.45, 7) is 5.37. The largest absolute Gasteiger partial charge is 0.507 e. The van der Waals surface area contributed by atoms with E-state index in [0.29, 0.717) is 65.2 Å². The monoisotopic (exact) mass is 499 g/mol. The van der Waals surface area contributed by atoms with E-state index in [1.807, 2.05) is 25.1 Å². The van der Waals surface area contributed by atoms with Crippen LogP contribution in [-0.2, 0) is 0 Å². The highest BCUT2D eigenvalue weighted by atomic mass is 35.5. The van der Waals surface area contributed by atoms with Crippen molar-refractivity contribution in [2.75, 3.05) is 26.4 Å². The second kappa shape index (κ2) is 11.0. The Kier molecular flexibility index (Phi) is 7.83. The maximum atomic E-state index is 13.4. The van der Waals surface area contributed by atoms with Gasteiger partial charge in [-0.2, -0.15) is 5.10 Å². The number of hydrogen-bond acceptors (Lipinski definition) is 6. The molecule has 0 aliphatic carbocycles. The van der Waals surface area contributed by atoms with Gasteiger partial charge in [-0.3, -0.25) is 9.89 Å². The van der Waals surface area contributed by atoms with Gasteiger partial charge in [0.2, 0.25) is 0 Å². The average Bonchev–Trinajstić information content (AvgIpc) is 3.39. The Morgan fingerprint density at radius 2 is 1.94 bits per heavy atom. The lowest BCUT2D eigenvalue weighted by Crippen LogP contribution is -2.31. The summed E-state index contributed by atoms with van der Waals surface area (Å²) >= 11 is 6.20. The molecule has 4 rings (SSSR count). The summed E-state index contributed by atoms with van der Waals surface area (Å²) in [5.74, 6) is 1.04. The third kappa shape index (κ3) is 4.94. The van der Waals surface area contributed by atoms with E-state index >= 15 is 0 Å². The fourth-order valence-corrected chi connectivity index (χ4v) is 4.50. The zero-order valence-corrected chi connectivity index (χ0v) is 20.6. The molecule has 3 aromatic rings. The Morgan fingerprint density at radius 1 is 1.11 bits per heavy atom. The number of amides is 1. The number of aliphatic hydroxyl groups excluding tert-OH is 1. The average molecular weight is 500 g/mol. The van der Waals surface area contributed by atoms with E-state index in [1.165, 1.54) is 6.07 Å². The van der Waals surface area contributed by atoms with E-state index in [0.717, 1.165) is 18.4 Å². The van der Waals surface area contributed by atoms with Crippen molar-refractivity contribution in [2.24, 2.45) is 0 Å². The minimum Gasteiger partial charge on any atom is -0.507 e. The topological polar surface area (TPSA) is 108 Å². The van der Waals surface area contributed by atoms with Gasteiger partial charge in [0.05, 0.1) is 19.3 Å². The summed E-state index contributed by atoms with van der Waals surface area (Å²) in [4.78, 5) is 15.1. The maximum Gasteiger partial charge on any atom is 0.273 e. The summed E-state index contributed by atoms with van der Waals surface area (Å²) in [7, 11) is 0. The van der Waals surface area contributed by atoms with Crippen molar-refractivity contribution in [3.05, 3.63) is 58.2 Å². The Morgan fingerprint density at radius 3 is 2.69 bits per heavy atom. The normalized spacial score (nSPS) is 14.9. The van der Waals surface area contributed by atoms with Crippen LogP contribution in [0.15, 0.2) is 36.4 Å². The van der Waals surface area contributed by atoms with Crippen LogP contribution in [0, 0.1) is 0 Å². The molecule has 3 N–H and O–H groups in total. The number of carbonyl (C=O) groups is 1. The van der Waals surface area contributed by atoms with Crippen LogP contribution in [0.1, 0.15) is 60.8 Å². The molecule has 1 aliphatic rings. The number of nitrogens with zero attached hydrogens (tertiary/aromatic N) is 2. The maximum absolute atomic E-state index is 13.4. The summed E-state index contributed by atoms with van der Waals surface area (Å²) in [5.41, 5.74) is 2.69. The fourth-order valence-electron chi connectivity index (χ4n) is 4.33. The second-order valence-corrected chi connectivity index (χ2v) is 8.78. The van der Waals surface area contributed by atoms with Gasteiger partial charge in [0.25, 0.3) is 5.91 Å². The van der Waals surface area contributed by atoms with Crippen LogP contribution >= 0.6 is 11.6 Å². The molecule has 0 saturated heterocycles. The number of unbranched alkanes of at least 4 members (excludes halogenated alkanes) is 1. The molecule has 0 saturated carbocycles. The number of phenolic OH excluding ortho intramolecular Hbond substituents is 1. The van der Waals surface area contributed by atoms with Gasteiger partial charge in [0.1, 0.15) is 17.1 Å².